The van der Waals surface area contributed by atoms with Crippen LogP contribution in [0.1, 0.15) is 5.76 Å². The van der Waals surface area contributed by atoms with Crippen LogP contribution < -0.4 is 0 Å². The highest BCUT2D eigenvalue weighted by Gasteiger charge is 2.23. The Kier molecular flexibility index (Phi) is 3.03. The summed E-state index contributed by atoms with van der Waals surface area (Å²) in [5.74, 6) is 0.597. The van der Waals surface area contributed by atoms with E-state index in [1.807, 2.05) is 0 Å². The van der Waals surface area contributed by atoms with Gasteiger partial charge in [0.25, 0.3) is 0 Å². The predicted octanol–water partition coefficient (Wildman–Crippen LogP) is 0.834. The second kappa shape index (κ2) is 4.34. The van der Waals surface area contributed by atoms with Gasteiger partial charge in [0, 0.05) is 20.3 Å². The van der Waals surface area contributed by atoms with Gasteiger partial charge in [-0.05, 0) is 12.1 Å². The highest BCUT2D eigenvalue weighted by molar-refractivity contribution is 7.89. The van der Waals surface area contributed by atoms with Gasteiger partial charge >= 0.3 is 0 Å². The molecule has 17 heavy (non-hydrogen) atoms. The van der Waals surface area contributed by atoms with E-state index < -0.39 is 10.0 Å². The van der Waals surface area contributed by atoms with Crippen molar-refractivity contribution in [2.75, 3.05) is 7.05 Å². The van der Waals surface area contributed by atoms with Gasteiger partial charge in [-0.25, -0.2) is 8.42 Å². The third-order valence-electron chi connectivity index (χ3n) is 2.35. The first-order valence-corrected chi connectivity index (χ1v) is 6.41. The van der Waals surface area contributed by atoms with Crippen LogP contribution in [0.15, 0.2) is 40.1 Å². The summed E-state index contributed by atoms with van der Waals surface area (Å²) in [4.78, 5) is 0.175. The number of aromatic nitrogens is 2. The fourth-order valence-corrected chi connectivity index (χ4v) is 2.54. The molecule has 0 bridgehead atoms. The average molecular weight is 255 g/mol. The van der Waals surface area contributed by atoms with Crippen molar-refractivity contribution in [1.29, 1.82) is 0 Å². The van der Waals surface area contributed by atoms with Gasteiger partial charge in [-0.15, -0.1) is 0 Å². The molecule has 0 saturated heterocycles. The molecule has 0 aliphatic heterocycles. The third-order valence-corrected chi connectivity index (χ3v) is 4.10. The van der Waals surface area contributed by atoms with Gasteiger partial charge in [0.05, 0.1) is 19.0 Å². The van der Waals surface area contributed by atoms with Crippen molar-refractivity contribution in [1.82, 2.24) is 14.1 Å². The number of sulfonamides is 1. The van der Waals surface area contributed by atoms with Crippen molar-refractivity contribution in [2.45, 2.75) is 11.4 Å². The van der Waals surface area contributed by atoms with Crippen LogP contribution in [0.25, 0.3) is 0 Å². The van der Waals surface area contributed by atoms with Gasteiger partial charge in [0.15, 0.2) is 0 Å². The molecule has 0 saturated carbocycles. The smallest absolute Gasteiger partial charge is 0.246 e. The van der Waals surface area contributed by atoms with E-state index in [1.165, 1.54) is 34.7 Å². The van der Waals surface area contributed by atoms with Crippen molar-refractivity contribution in [3.05, 3.63) is 36.5 Å². The monoisotopic (exact) mass is 255 g/mol. The molecule has 0 fully saturated rings. The van der Waals surface area contributed by atoms with Crippen molar-refractivity contribution in [3.8, 4) is 0 Å². The molecule has 0 N–H and O–H groups in total. The number of hydrogen-bond donors (Lipinski definition) is 0. The first-order valence-electron chi connectivity index (χ1n) is 4.97. The maximum Gasteiger partial charge on any atom is 0.246 e. The summed E-state index contributed by atoms with van der Waals surface area (Å²) >= 11 is 0. The lowest BCUT2D eigenvalue weighted by Crippen LogP contribution is -2.26. The standard InChI is InChI=1S/C10H13N3O3S/c1-12-8-10(6-11-12)17(14,15)13(2)7-9-4-3-5-16-9/h3-6,8H,7H2,1-2H3. The Hall–Kier alpha value is -1.60. The van der Waals surface area contributed by atoms with Gasteiger partial charge in [0.1, 0.15) is 10.7 Å². The summed E-state index contributed by atoms with van der Waals surface area (Å²) in [6.07, 6.45) is 4.31. The number of hydrogen-bond acceptors (Lipinski definition) is 4. The molecule has 2 aromatic rings. The van der Waals surface area contributed by atoms with E-state index in [4.69, 9.17) is 4.42 Å². The zero-order valence-electron chi connectivity index (χ0n) is 9.57. The Morgan fingerprint density at radius 1 is 1.53 bits per heavy atom. The third kappa shape index (κ3) is 2.40. The Morgan fingerprint density at radius 3 is 2.82 bits per heavy atom. The molecule has 2 heterocycles. The molecule has 0 atom stereocenters. The van der Waals surface area contributed by atoms with Crippen LogP contribution in [0.2, 0.25) is 0 Å². The zero-order chi connectivity index (χ0) is 12.5. The molecular formula is C10H13N3O3S. The van der Waals surface area contributed by atoms with Crippen LogP contribution in [-0.2, 0) is 23.6 Å². The molecule has 0 amide bonds. The first kappa shape index (κ1) is 11.9. The average Bonchev–Trinajstić information content (AvgIpc) is 2.89. The molecule has 0 aromatic carbocycles. The van der Waals surface area contributed by atoms with Gasteiger partial charge in [-0.2, -0.15) is 9.40 Å². The van der Waals surface area contributed by atoms with Gasteiger partial charge < -0.3 is 4.42 Å². The molecular weight excluding hydrogens is 242 g/mol. The lowest BCUT2D eigenvalue weighted by atomic mass is 10.4. The fraction of sp³-hybridized carbons (Fsp3) is 0.300. The molecule has 2 rings (SSSR count). The first-order chi connectivity index (χ1) is 8.00. The summed E-state index contributed by atoms with van der Waals surface area (Å²) < 4.78 is 32.0. The van der Waals surface area contributed by atoms with Crippen LogP contribution in [-0.4, -0.2) is 29.6 Å². The van der Waals surface area contributed by atoms with Gasteiger partial charge in [0.2, 0.25) is 10.0 Å². The van der Waals surface area contributed by atoms with E-state index in [1.54, 1.807) is 19.2 Å². The van der Waals surface area contributed by atoms with Crippen molar-refractivity contribution >= 4 is 10.0 Å². The molecule has 0 aliphatic rings. The van der Waals surface area contributed by atoms with E-state index >= 15 is 0 Å². The maximum absolute atomic E-state index is 12.1. The number of furan rings is 1. The second-order valence-corrected chi connectivity index (χ2v) is 5.74. The molecule has 2 aromatic heterocycles. The van der Waals surface area contributed by atoms with Crippen LogP contribution in [0.4, 0.5) is 0 Å². The van der Waals surface area contributed by atoms with Crippen LogP contribution in [0.3, 0.4) is 0 Å². The Bertz CT molecular complexity index is 586. The maximum atomic E-state index is 12.1. The van der Waals surface area contributed by atoms with E-state index in [0.29, 0.717) is 5.76 Å². The lowest BCUT2D eigenvalue weighted by Gasteiger charge is -2.14. The minimum Gasteiger partial charge on any atom is -0.468 e. The van der Waals surface area contributed by atoms with Crippen LogP contribution in [0.5, 0.6) is 0 Å². The van der Waals surface area contributed by atoms with E-state index in [0.717, 1.165) is 0 Å². The summed E-state index contributed by atoms with van der Waals surface area (Å²) in [7, 11) is -0.327. The summed E-state index contributed by atoms with van der Waals surface area (Å²) in [6, 6.07) is 3.45. The van der Waals surface area contributed by atoms with Gasteiger partial charge in [-0.3, -0.25) is 4.68 Å². The lowest BCUT2D eigenvalue weighted by molar-refractivity contribution is 0.406. The largest absolute Gasteiger partial charge is 0.468 e. The van der Waals surface area contributed by atoms with Gasteiger partial charge in [-0.1, -0.05) is 0 Å². The second-order valence-electron chi connectivity index (χ2n) is 3.69. The van der Waals surface area contributed by atoms with E-state index in [9.17, 15) is 8.42 Å². The Balaban J connectivity index is 2.21. The molecule has 0 unspecified atom stereocenters. The highest BCUT2D eigenvalue weighted by atomic mass is 32.2. The minimum atomic E-state index is -3.50. The molecule has 0 radical (unpaired) electrons. The molecule has 7 heteroatoms. The number of rotatable bonds is 4. The quantitative estimate of drug-likeness (QED) is 0.811. The van der Waals surface area contributed by atoms with Crippen molar-refractivity contribution < 1.29 is 12.8 Å². The zero-order valence-corrected chi connectivity index (χ0v) is 10.4. The summed E-state index contributed by atoms with van der Waals surface area (Å²) in [5, 5.41) is 3.85. The fourth-order valence-electron chi connectivity index (χ4n) is 1.42. The summed E-state index contributed by atoms with van der Waals surface area (Å²) in [5.41, 5.74) is 0. The van der Waals surface area contributed by atoms with E-state index in [-0.39, 0.29) is 11.4 Å². The van der Waals surface area contributed by atoms with Crippen LogP contribution >= 0.6 is 0 Å². The number of nitrogens with zero attached hydrogens (tertiary/aromatic N) is 3. The summed E-state index contributed by atoms with van der Waals surface area (Å²) in [6.45, 7) is 0.199. The topological polar surface area (TPSA) is 68.3 Å². The molecule has 0 aliphatic carbocycles. The molecule has 6 nitrogen and oxygen atoms in total. The molecule has 0 spiro atoms. The normalized spacial score (nSPS) is 12.2. The Labute approximate surface area is 99.5 Å². The minimum absolute atomic E-state index is 0.175. The Morgan fingerprint density at radius 2 is 2.29 bits per heavy atom. The highest BCUT2D eigenvalue weighted by Crippen LogP contribution is 2.15. The van der Waals surface area contributed by atoms with E-state index in [2.05, 4.69) is 5.10 Å². The SMILES string of the molecule is CN(Cc1ccco1)S(=O)(=O)c1cnn(C)c1. The van der Waals surface area contributed by atoms with Crippen LogP contribution in [0, 0.1) is 0 Å². The molecule has 92 valence electrons. The van der Waals surface area contributed by atoms with Crippen molar-refractivity contribution in [2.24, 2.45) is 7.05 Å². The van der Waals surface area contributed by atoms with Crippen molar-refractivity contribution in [3.63, 3.8) is 0 Å². The predicted molar refractivity (Wildman–Crippen MR) is 60.6 cm³/mol. The number of aryl methyl sites for hydroxylation is 1.